The Balaban J connectivity index is 0.000000211. The van der Waals surface area contributed by atoms with Crippen molar-refractivity contribution in [1.82, 2.24) is 0 Å². The lowest BCUT2D eigenvalue weighted by atomic mass is 10.2. The normalized spacial score (nSPS) is 10.6. The van der Waals surface area contributed by atoms with Crippen LogP contribution in [0.4, 0.5) is 22.7 Å². The molecule has 0 heterocycles. The molecule has 0 aliphatic rings. The molecule has 0 N–H and O–H groups in total. The Morgan fingerprint density at radius 1 is 0.553 bits per heavy atom. The summed E-state index contributed by atoms with van der Waals surface area (Å²) >= 11 is 0. The van der Waals surface area contributed by atoms with E-state index in [-0.39, 0.29) is 11.4 Å². The lowest BCUT2D eigenvalue weighted by Crippen LogP contribution is -1.86. The summed E-state index contributed by atoms with van der Waals surface area (Å²) in [5, 5.41) is 21.0. The van der Waals surface area contributed by atoms with Crippen LogP contribution in [0.25, 0.3) is 0 Å². The zero-order valence-corrected chi connectivity index (χ0v) is 20.6. The monoisotopic (exact) mass is 512 g/mol. The lowest BCUT2D eigenvalue weighted by molar-refractivity contribution is -0.385. The van der Waals surface area contributed by atoms with Crippen LogP contribution < -0.4 is 9.47 Å². The Morgan fingerprint density at radius 2 is 0.868 bits per heavy atom. The summed E-state index contributed by atoms with van der Waals surface area (Å²) in [5.74, 6) is 1.57. The standard InChI is InChI=1S/2C14H12N2O3/c2*1-19-14-8-2-11(3-9-14)10-15-12-4-6-13(7-5-12)16(17)18/h2*2-10H,1H3. The van der Waals surface area contributed by atoms with Crippen molar-refractivity contribution in [3.8, 4) is 11.5 Å². The molecule has 0 aliphatic heterocycles. The molecule has 0 aliphatic carbocycles. The predicted molar refractivity (Wildman–Crippen MR) is 147 cm³/mol. The number of ether oxygens (including phenoxy) is 2. The molecule has 38 heavy (non-hydrogen) atoms. The Kier molecular flexibility index (Phi) is 9.77. The number of nitro benzene ring substituents is 2. The van der Waals surface area contributed by atoms with Crippen LogP contribution in [0.15, 0.2) is 107 Å². The second-order valence-corrected chi connectivity index (χ2v) is 7.61. The molecule has 10 heteroatoms. The molecule has 4 aromatic rings. The smallest absolute Gasteiger partial charge is 0.269 e. The molecule has 192 valence electrons. The Morgan fingerprint density at radius 3 is 1.13 bits per heavy atom. The first kappa shape index (κ1) is 27.2. The van der Waals surface area contributed by atoms with E-state index in [0.717, 1.165) is 22.6 Å². The fourth-order valence-corrected chi connectivity index (χ4v) is 3.00. The molecule has 0 atom stereocenters. The van der Waals surface area contributed by atoms with Crippen LogP contribution in [0.3, 0.4) is 0 Å². The summed E-state index contributed by atoms with van der Waals surface area (Å²) in [5.41, 5.74) is 3.31. The third kappa shape index (κ3) is 8.38. The SMILES string of the molecule is COc1ccc(C=Nc2ccc([N+](=O)[O-])cc2)cc1.COc1ccc(C=Nc2ccc([N+](=O)[O-])cc2)cc1. The molecule has 0 saturated carbocycles. The minimum Gasteiger partial charge on any atom is -0.497 e. The van der Waals surface area contributed by atoms with Crippen molar-refractivity contribution in [1.29, 1.82) is 0 Å². The molecule has 0 amide bonds. The van der Waals surface area contributed by atoms with Crippen molar-refractivity contribution < 1.29 is 19.3 Å². The molecule has 0 spiro atoms. The molecule has 0 aromatic heterocycles. The average Bonchev–Trinajstić information content (AvgIpc) is 2.96. The van der Waals surface area contributed by atoms with Crippen LogP contribution in [0.2, 0.25) is 0 Å². The fourth-order valence-electron chi connectivity index (χ4n) is 3.00. The topological polar surface area (TPSA) is 129 Å². The molecule has 10 nitrogen and oxygen atoms in total. The van der Waals surface area contributed by atoms with Gasteiger partial charge in [-0.2, -0.15) is 0 Å². The highest BCUT2D eigenvalue weighted by molar-refractivity contribution is 5.82. The first-order valence-corrected chi connectivity index (χ1v) is 11.2. The van der Waals surface area contributed by atoms with Crippen molar-refractivity contribution in [2.45, 2.75) is 0 Å². The van der Waals surface area contributed by atoms with Crippen LogP contribution in [0, 0.1) is 20.2 Å². The maximum Gasteiger partial charge on any atom is 0.269 e. The van der Waals surface area contributed by atoms with E-state index in [1.54, 1.807) is 50.9 Å². The number of hydrogen-bond acceptors (Lipinski definition) is 8. The molecular weight excluding hydrogens is 488 g/mol. The summed E-state index contributed by atoms with van der Waals surface area (Å²) in [6.45, 7) is 0. The van der Waals surface area contributed by atoms with Gasteiger partial charge in [0.25, 0.3) is 11.4 Å². The van der Waals surface area contributed by atoms with Gasteiger partial charge in [-0.05, 0) is 83.9 Å². The van der Waals surface area contributed by atoms with Crippen molar-refractivity contribution in [3.05, 3.63) is 128 Å². The largest absolute Gasteiger partial charge is 0.497 e. The van der Waals surface area contributed by atoms with Crippen LogP contribution >= 0.6 is 0 Å². The minimum absolute atomic E-state index is 0.0587. The van der Waals surface area contributed by atoms with Gasteiger partial charge in [-0.1, -0.05) is 0 Å². The van der Waals surface area contributed by atoms with Crippen molar-refractivity contribution in [2.24, 2.45) is 9.98 Å². The van der Waals surface area contributed by atoms with E-state index in [1.807, 2.05) is 48.5 Å². The van der Waals surface area contributed by atoms with Gasteiger partial charge in [-0.3, -0.25) is 30.2 Å². The summed E-state index contributed by atoms with van der Waals surface area (Å²) in [6.07, 6.45) is 3.39. The van der Waals surface area contributed by atoms with Crippen LogP contribution in [0.5, 0.6) is 11.5 Å². The van der Waals surface area contributed by atoms with Gasteiger partial charge in [0, 0.05) is 36.7 Å². The third-order valence-corrected chi connectivity index (χ3v) is 5.08. The van der Waals surface area contributed by atoms with Gasteiger partial charge in [0.1, 0.15) is 11.5 Å². The van der Waals surface area contributed by atoms with Crippen molar-refractivity contribution in [3.63, 3.8) is 0 Å². The van der Waals surface area contributed by atoms with E-state index in [9.17, 15) is 20.2 Å². The first-order chi connectivity index (χ1) is 18.4. The third-order valence-electron chi connectivity index (χ3n) is 5.08. The van der Waals surface area contributed by atoms with E-state index in [1.165, 1.54) is 24.3 Å². The van der Waals surface area contributed by atoms with Gasteiger partial charge in [0.2, 0.25) is 0 Å². The van der Waals surface area contributed by atoms with Gasteiger partial charge in [-0.25, -0.2) is 0 Å². The molecule has 4 rings (SSSR count). The number of hydrogen-bond donors (Lipinski definition) is 0. The predicted octanol–water partition coefficient (Wildman–Crippen LogP) is 6.71. The highest BCUT2D eigenvalue weighted by Crippen LogP contribution is 2.19. The second-order valence-electron chi connectivity index (χ2n) is 7.61. The molecule has 0 fully saturated rings. The zero-order chi connectivity index (χ0) is 27.3. The number of rotatable bonds is 8. The van der Waals surface area contributed by atoms with Gasteiger partial charge in [-0.15, -0.1) is 0 Å². The van der Waals surface area contributed by atoms with Gasteiger partial charge >= 0.3 is 0 Å². The Labute approximate surface area is 218 Å². The molecule has 0 unspecified atom stereocenters. The quantitative estimate of drug-likeness (QED) is 0.147. The molecule has 0 radical (unpaired) electrons. The second kappa shape index (κ2) is 13.6. The Hall–Kier alpha value is -5.38. The summed E-state index contributed by atoms with van der Waals surface area (Å²) < 4.78 is 10.1. The number of nitro groups is 2. The molecule has 0 saturated heterocycles. The summed E-state index contributed by atoms with van der Waals surface area (Å²) in [7, 11) is 3.22. The van der Waals surface area contributed by atoms with Crippen molar-refractivity contribution >= 4 is 35.2 Å². The maximum absolute atomic E-state index is 10.5. The maximum atomic E-state index is 10.5. The molecule has 0 bridgehead atoms. The lowest BCUT2D eigenvalue weighted by Gasteiger charge is -1.99. The van der Waals surface area contributed by atoms with Crippen molar-refractivity contribution in [2.75, 3.05) is 14.2 Å². The van der Waals surface area contributed by atoms with Crippen LogP contribution in [-0.4, -0.2) is 36.5 Å². The highest BCUT2D eigenvalue weighted by atomic mass is 16.6. The van der Waals surface area contributed by atoms with Gasteiger partial charge < -0.3 is 9.47 Å². The van der Waals surface area contributed by atoms with E-state index >= 15 is 0 Å². The number of methoxy groups -OCH3 is 2. The number of aliphatic imine (C=N–C) groups is 2. The van der Waals surface area contributed by atoms with E-state index in [4.69, 9.17) is 9.47 Å². The Bertz CT molecular complexity index is 1290. The number of benzene rings is 4. The zero-order valence-electron chi connectivity index (χ0n) is 20.6. The average molecular weight is 513 g/mol. The summed E-state index contributed by atoms with van der Waals surface area (Å²) in [6, 6.07) is 27.1. The van der Waals surface area contributed by atoms with Gasteiger partial charge in [0.15, 0.2) is 0 Å². The number of nitrogens with zero attached hydrogens (tertiary/aromatic N) is 4. The summed E-state index contributed by atoms with van der Waals surface area (Å²) in [4.78, 5) is 28.6. The van der Waals surface area contributed by atoms with Crippen LogP contribution in [-0.2, 0) is 0 Å². The van der Waals surface area contributed by atoms with Gasteiger partial charge in [0.05, 0.1) is 35.4 Å². The van der Waals surface area contributed by atoms with Crippen LogP contribution in [0.1, 0.15) is 11.1 Å². The fraction of sp³-hybridized carbons (Fsp3) is 0.0714. The molecule has 4 aromatic carbocycles. The minimum atomic E-state index is -0.434. The molecular formula is C28H24N4O6. The number of non-ortho nitro benzene ring substituents is 2. The highest BCUT2D eigenvalue weighted by Gasteiger charge is 2.03. The van der Waals surface area contributed by atoms with E-state index < -0.39 is 9.85 Å². The van der Waals surface area contributed by atoms with E-state index in [2.05, 4.69) is 9.98 Å². The van der Waals surface area contributed by atoms with E-state index in [0.29, 0.717) is 11.4 Å². The first-order valence-electron chi connectivity index (χ1n) is 11.2.